The smallest absolute Gasteiger partial charge is 0.286 e. The maximum Gasteiger partial charge on any atom is 0.286 e. The predicted molar refractivity (Wildman–Crippen MR) is 84.4 cm³/mol. The molecular formula is C13H18ClF2N3O5. The Bertz CT molecular complexity index is 601. The zero-order valence-electron chi connectivity index (χ0n) is 13.0. The molecule has 0 aliphatic carbocycles. The van der Waals surface area contributed by atoms with Crippen LogP contribution in [0.3, 0.4) is 0 Å². The number of halogens is 3. The number of nitrogens with two attached hydrogens (primary N) is 1. The number of nitrogens with zero attached hydrogens (tertiary/aromatic N) is 1. The van der Waals surface area contributed by atoms with Crippen LogP contribution in [-0.4, -0.2) is 43.6 Å². The number of carbonyl (C=O) groups excluding carboxylic acids is 1. The molecule has 0 atom stereocenters. The first kappa shape index (κ1) is 21.8. The van der Waals surface area contributed by atoms with Gasteiger partial charge in [-0.15, -0.1) is 12.4 Å². The van der Waals surface area contributed by atoms with Gasteiger partial charge >= 0.3 is 0 Å². The van der Waals surface area contributed by atoms with Crippen molar-refractivity contribution in [2.45, 2.75) is 12.8 Å². The van der Waals surface area contributed by atoms with E-state index in [0.717, 1.165) is 12.1 Å². The average molecular weight is 370 g/mol. The highest BCUT2D eigenvalue weighted by molar-refractivity contribution is 5.99. The summed E-state index contributed by atoms with van der Waals surface area (Å²) in [4.78, 5) is 22.3. The van der Waals surface area contributed by atoms with Crippen molar-refractivity contribution in [3.05, 3.63) is 27.8 Å². The van der Waals surface area contributed by atoms with Gasteiger partial charge in [-0.3, -0.25) is 14.9 Å². The van der Waals surface area contributed by atoms with Gasteiger partial charge in [-0.05, 0) is 6.92 Å². The fourth-order valence-corrected chi connectivity index (χ4v) is 1.69. The van der Waals surface area contributed by atoms with E-state index in [1.807, 2.05) is 5.32 Å². The van der Waals surface area contributed by atoms with Crippen LogP contribution in [0.4, 0.5) is 14.5 Å². The molecule has 0 spiro atoms. The lowest BCUT2D eigenvalue weighted by Crippen LogP contribution is -2.41. The number of carbonyl (C=O) groups is 1. The number of methoxy groups -OCH3 is 1. The van der Waals surface area contributed by atoms with Gasteiger partial charge in [0.2, 0.25) is 0 Å². The van der Waals surface area contributed by atoms with Crippen LogP contribution >= 0.6 is 12.4 Å². The second-order valence-electron chi connectivity index (χ2n) is 4.45. The molecule has 0 aliphatic rings. The van der Waals surface area contributed by atoms with Gasteiger partial charge in [-0.2, -0.15) is 0 Å². The highest BCUT2D eigenvalue weighted by Crippen LogP contribution is 2.34. The second-order valence-corrected chi connectivity index (χ2v) is 4.45. The fourth-order valence-electron chi connectivity index (χ4n) is 1.69. The van der Waals surface area contributed by atoms with Gasteiger partial charge in [0.15, 0.2) is 11.5 Å². The van der Waals surface area contributed by atoms with Crippen molar-refractivity contribution < 1.29 is 28.0 Å². The van der Waals surface area contributed by atoms with Gasteiger partial charge in [0.1, 0.15) is 5.56 Å². The highest BCUT2D eigenvalue weighted by Gasteiger charge is 2.30. The van der Waals surface area contributed by atoms with Crippen molar-refractivity contribution in [3.8, 4) is 11.5 Å². The SMILES string of the molecule is CCOc1cc(C(=O)NCC(F)(F)CN)c([N+](=O)[O-])cc1OC.Cl. The topological polar surface area (TPSA) is 117 Å². The van der Waals surface area contributed by atoms with Gasteiger partial charge in [-0.1, -0.05) is 0 Å². The molecule has 24 heavy (non-hydrogen) atoms. The van der Waals surface area contributed by atoms with Crippen molar-refractivity contribution in [1.29, 1.82) is 0 Å². The summed E-state index contributed by atoms with van der Waals surface area (Å²) in [6.45, 7) is -0.0967. The third kappa shape index (κ3) is 5.46. The Hall–Kier alpha value is -2.20. The largest absolute Gasteiger partial charge is 0.493 e. The van der Waals surface area contributed by atoms with Crippen LogP contribution in [0.5, 0.6) is 11.5 Å². The number of nitrogens with one attached hydrogen (secondary N) is 1. The summed E-state index contributed by atoms with van der Waals surface area (Å²) in [7, 11) is 1.28. The van der Waals surface area contributed by atoms with E-state index in [4.69, 9.17) is 15.2 Å². The van der Waals surface area contributed by atoms with Crippen LogP contribution in [0.15, 0.2) is 12.1 Å². The maximum atomic E-state index is 13.1. The molecule has 0 radical (unpaired) electrons. The van der Waals surface area contributed by atoms with E-state index in [-0.39, 0.29) is 30.5 Å². The van der Waals surface area contributed by atoms with Crippen LogP contribution < -0.4 is 20.5 Å². The van der Waals surface area contributed by atoms with Gasteiger partial charge in [0.25, 0.3) is 17.5 Å². The summed E-state index contributed by atoms with van der Waals surface area (Å²) in [5.74, 6) is -4.19. The Kier molecular flexibility index (Phi) is 8.34. The normalized spacial score (nSPS) is 10.5. The lowest BCUT2D eigenvalue weighted by molar-refractivity contribution is -0.385. The molecule has 11 heteroatoms. The van der Waals surface area contributed by atoms with Crippen LogP contribution in [0, 0.1) is 10.1 Å². The van der Waals surface area contributed by atoms with Gasteiger partial charge in [0.05, 0.1) is 37.8 Å². The molecule has 0 aromatic heterocycles. The number of hydrogen-bond donors (Lipinski definition) is 2. The van der Waals surface area contributed by atoms with Gasteiger partial charge in [-0.25, -0.2) is 8.78 Å². The molecule has 1 amide bonds. The predicted octanol–water partition coefficient (Wildman–Crippen LogP) is 1.75. The summed E-state index contributed by atoms with van der Waals surface area (Å²) in [6.07, 6.45) is 0. The monoisotopic (exact) mass is 369 g/mol. The molecule has 1 rings (SSSR count). The Labute approximate surface area is 142 Å². The number of amides is 1. The Morgan fingerprint density at radius 1 is 1.42 bits per heavy atom. The number of nitro groups is 1. The molecular weight excluding hydrogens is 352 g/mol. The lowest BCUT2D eigenvalue weighted by Gasteiger charge is -2.15. The first-order chi connectivity index (χ1) is 10.8. The molecule has 0 saturated heterocycles. The maximum absolute atomic E-state index is 13.1. The summed E-state index contributed by atoms with van der Waals surface area (Å²) in [5.41, 5.74) is 3.87. The Balaban J connectivity index is 0.00000529. The van der Waals surface area contributed by atoms with Crippen LogP contribution in [0.2, 0.25) is 0 Å². The summed E-state index contributed by atoms with van der Waals surface area (Å²) in [5, 5.41) is 13.0. The first-order valence-electron chi connectivity index (χ1n) is 6.61. The summed E-state index contributed by atoms with van der Waals surface area (Å²) >= 11 is 0. The minimum Gasteiger partial charge on any atom is -0.493 e. The lowest BCUT2D eigenvalue weighted by atomic mass is 10.1. The Morgan fingerprint density at radius 2 is 2.04 bits per heavy atom. The van der Waals surface area contributed by atoms with E-state index >= 15 is 0 Å². The second kappa shape index (κ2) is 9.18. The zero-order chi connectivity index (χ0) is 17.6. The van der Waals surface area contributed by atoms with E-state index in [1.54, 1.807) is 6.92 Å². The van der Waals surface area contributed by atoms with Crippen molar-refractivity contribution >= 4 is 24.0 Å². The van der Waals surface area contributed by atoms with Crippen molar-refractivity contribution in [2.75, 3.05) is 26.8 Å². The zero-order valence-corrected chi connectivity index (χ0v) is 13.8. The van der Waals surface area contributed by atoms with Crippen molar-refractivity contribution in [1.82, 2.24) is 5.32 Å². The highest BCUT2D eigenvalue weighted by atomic mass is 35.5. The van der Waals surface area contributed by atoms with Crippen LogP contribution in [0.1, 0.15) is 17.3 Å². The first-order valence-corrected chi connectivity index (χ1v) is 6.61. The Morgan fingerprint density at radius 3 is 2.50 bits per heavy atom. The third-order valence-electron chi connectivity index (χ3n) is 2.83. The molecule has 1 aromatic rings. The van der Waals surface area contributed by atoms with Gasteiger partial charge < -0.3 is 20.5 Å². The molecule has 0 heterocycles. The standard InChI is InChI=1S/C13H17F2N3O5.ClH/c1-3-23-11-4-8(9(18(20)21)5-10(11)22-2)12(19)17-7-13(14,15)6-16;/h4-5H,3,6-7,16H2,1-2H3,(H,17,19);1H. The number of hydrogen-bond acceptors (Lipinski definition) is 6. The minimum atomic E-state index is -3.31. The molecule has 3 N–H and O–H groups in total. The molecule has 8 nitrogen and oxygen atoms in total. The van der Waals surface area contributed by atoms with E-state index in [1.165, 1.54) is 7.11 Å². The average Bonchev–Trinajstić information content (AvgIpc) is 2.52. The number of benzene rings is 1. The van der Waals surface area contributed by atoms with E-state index in [2.05, 4.69) is 0 Å². The van der Waals surface area contributed by atoms with Gasteiger partial charge in [0, 0.05) is 6.07 Å². The molecule has 0 aliphatic heterocycles. The number of nitro benzene ring substituents is 1. The quantitative estimate of drug-likeness (QED) is 0.532. The van der Waals surface area contributed by atoms with Crippen LogP contribution in [0.25, 0.3) is 0 Å². The molecule has 0 unspecified atom stereocenters. The minimum absolute atomic E-state index is 0. The summed E-state index contributed by atoms with van der Waals surface area (Å²) in [6, 6.07) is 2.08. The van der Waals surface area contributed by atoms with Crippen LogP contribution in [-0.2, 0) is 0 Å². The number of ether oxygens (including phenoxy) is 2. The summed E-state index contributed by atoms with van der Waals surface area (Å²) < 4.78 is 36.4. The van der Waals surface area contributed by atoms with E-state index < -0.39 is 41.1 Å². The molecule has 0 fully saturated rings. The third-order valence-corrected chi connectivity index (χ3v) is 2.83. The van der Waals surface area contributed by atoms with Crippen molar-refractivity contribution in [3.63, 3.8) is 0 Å². The van der Waals surface area contributed by atoms with Crippen molar-refractivity contribution in [2.24, 2.45) is 5.73 Å². The number of alkyl halides is 2. The van der Waals surface area contributed by atoms with E-state index in [0.29, 0.717) is 0 Å². The molecule has 136 valence electrons. The molecule has 1 aromatic carbocycles. The number of rotatable bonds is 8. The van der Waals surface area contributed by atoms with E-state index in [9.17, 15) is 23.7 Å². The fraction of sp³-hybridized carbons (Fsp3) is 0.462. The molecule has 0 bridgehead atoms. The molecule has 0 saturated carbocycles.